The Labute approximate surface area is 107 Å². The van der Waals surface area contributed by atoms with E-state index in [1.54, 1.807) is 0 Å². The molecule has 1 N–H and O–H groups in total. The number of ether oxygens (including phenoxy) is 1. The Kier molecular flexibility index (Phi) is 7.09. The molecule has 0 aromatic heterocycles. The molecule has 1 saturated carbocycles. The Hall–Kier alpha value is -0.120. The van der Waals surface area contributed by atoms with Crippen molar-refractivity contribution in [1.82, 2.24) is 10.2 Å². The molecule has 0 amide bonds. The Balaban J connectivity index is 2.21. The van der Waals surface area contributed by atoms with E-state index in [9.17, 15) is 0 Å². The van der Waals surface area contributed by atoms with Crippen molar-refractivity contribution >= 4 is 0 Å². The molecule has 0 aliphatic heterocycles. The smallest absolute Gasteiger partial charge is 0.0593 e. The van der Waals surface area contributed by atoms with Gasteiger partial charge >= 0.3 is 0 Å². The summed E-state index contributed by atoms with van der Waals surface area (Å²) in [7, 11) is 4.33. The van der Waals surface area contributed by atoms with Crippen LogP contribution in [0.4, 0.5) is 0 Å². The zero-order chi connectivity index (χ0) is 12.6. The van der Waals surface area contributed by atoms with Gasteiger partial charge in [0.1, 0.15) is 0 Å². The Morgan fingerprint density at radius 3 is 2.47 bits per heavy atom. The fourth-order valence-corrected chi connectivity index (χ4v) is 2.73. The van der Waals surface area contributed by atoms with Gasteiger partial charge in [-0.25, -0.2) is 0 Å². The first-order valence-electron chi connectivity index (χ1n) is 7.17. The number of nitrogens with zero attached hydrogens (tertiary/aromatic N) is 1. The van der Waals surface area contributed by atoms with Gasteiger partial charge in [-0.1, -0.05) is 19.3 Å². The molecule has 17 heavy (non-hydrogen) atoms. The molecule has 0 radical (unpaired) electrons. The first kappa shape index (κ1) is 14.9. The van der Waals surface area contributed by atoms with Crippen molar-refractivity contribution in [2.75, 3.05) is 40.4 Å². The normalized spacial score (nSPS) is 19.8. The van der Waals surface area contributed by atoms with Crippen molar-refractivity contribution in [2.45, 2.75) is 51.0 Å². The highest BCUT2D eigenvalue weighted by molar-refractivity contribution is 4.90. The molecule has 3 heteroatoms. The van der Waals surface area contributed by atoms with Crippen LogP contribution in [0, 0.1) is 0 Å². The van der Waals surface area contributed by atoms with E-state index in [1.165, 1.54) is 45.1 Å². The number of nitrogens with one attached hydrogen (secondary N) is 1. The largest absolute Gasteiger partial charge is 0.380 e. The van der Waals surface area contributed by atoms with Crippen molar-refractivity contribution < 1.29 is 4.74 Å². The molecule has 0 aromatic carbocycles. The summed E-state index contributed by atoms with van der Waals surface area (Å²) in [6, 6.07) is 0. The van der Waals surface area contributed by atoms with Crippen LogP contribution in [0.5, 0.6) is 0 Å². The monoisotopic (exact) mass is 242 g/mol. The number of rotatable bonds is 8. The highest BCUT2D eigenvalue weighted by Crippen LogP contribution is 2.30. The van der Waals surface area contributed by atoms with Crippen molar-refractivity contribution in [1.29, 1.82) is 0 Å². The van der Waals surface area contributed by atoms with Crippen LogP contribution in [0.25, 0.3) is 0 Å². The van der Waals surface area contributed by atoms with Crippen molar-refractivity contribution in [3.63, 3.8) is 0 Å². The van der Waals surface area contributed by atoms with E-state index < -0.39 is 0 Å². The lowest BCUT2D eigenvalue weighted by Crippen LogP contribution is -2.46. The molecule has 0 aromatic rings. The maximum Gasteiger partial charge on any atom is 0.0593 e. The topological polar surface area (TPSA) is 24.5 Å². The predicted molar refractivity (Wildman–Crippen MR) is 73.5 cm³/mol. The lowest BCUT2D eigenvalue weighted by molar-refractivity contribution is 0.115. The Morgan fingerprint density at radius 2 is 1.88 bits per heavy atom. The summed E-state index contributed by atoms with van der Waals surface area (Å²) in [5.74, 6) is 0. The van der Waals surface area contributed by atoms with E-state index in [2.05, 4.69) is 31.2 Å². The highest BCUT2D eigenvalue weighted by atomic mass is 16.5. The summed E-state index contributed by atoms with van der Waals surface area (Å²) >= 11 is 0. The summed E-state index contributed by atoms with van der Waals surface area (Å²) in [6.07, 6.45) is 8.17. The maximum atomic E-state index is 5.39. The van der Waals surface area contributed by atoms with Gasteiger partial charge in [-0.3, -0.25) is 0 Å². The van der Waals surface area contributed by atoms with Crippen LogP contribution < -0.4 is 5.32 Å². The second kappa shape index (κ2) is 8.06. The van der Waals surface area contributed by atoms with Gasteiger partial charge in [-0.2, -0.15) is 0 Å². The standard InChI is InChI=1S/C14H30N2O/c1-4-17-13-12-16(3)11-10-14(15-2)8-6-5-7-9-14/h15H,4-13H2,1-3H3. The molecular formula is C14H30N2O. The van der Waals surface area contributed by atoms with Crippen LogP contribution in [0.1, 0.15) is 45.4 Å². The molecule has 3 nitrogen and oxygen atoms in total. The third-order valence-corrected chi connectivity index (χ3v) is 4.13. The first-order valence-corrected chi connectivity index (χ1v) is 7.17. The minimum Gasteiger partial charge on any atom is -0.380 e. The van der Waals surface area contributed by atoms with Crippen molar-refractivity contribution in [3.05, 3.63) is 0 Å². The molecular weight excluding hydrogens is 212 g/mol. The van der Waals surface area contributed by atoms with E-state index in [1.807, 2.05) is 0 Å². The Morgan fingerprint density at radius 1 is 1.18 bits per heavy atom. The molecule has 1 fully saturated rings. The fourth-order valence-electron chi connectivity index (χ4n) is 2.73. The van der Waals surface area contributed by atoms with Gasteiger partial charge in [0.15, 0.2) is 0 Å². The van der Waals surface area contributed by atoms with E-state index in [-0.39, 0.29) is 0 Å². The van der Waals surface area contributed by atoms with Gasteiger partial charge in [0.05, 0.1) is 6.61 Å². The molecule has 1 aliphatic rings. The van der Waals surface area contributed by atoms with Gasteiger partial charge in [0, 0.05) is 18.7 Å². The fraction of sp³-hybridized carbons (Fsp3) is 1.00. The quantitative estimate of drug-likeness (QED) is 0.661. The molecule has 0 heterocycles. The van der Waals surface area contributed by atoms with Gasteiger partial charge in [-0.05, 0) is 46.8 Å². The van der Waals surface area contributed by atoms with Crippen LogP contribution in [0.3, 0.4) is 0 Å². The van der Waals surface area contributed by atoms with E-state index in [0.29, 0.717) is 5.54 Å². The van der Waals surface area contributed by atoms with Crippen LogP contribution in [-0.4, -0.2) is 50.8 Å². The average Bonchev–Trinajstić information content (AvgIpc) is 2.38. The molecule has 0 saturated heterocycles. The van der Waals surface area contributed by atoms with Crippen molar-refractivity contribution in [3.8, 4) is 0 Å². The summed E-state index contributed by atoms with van der Waals surface area (Å²) < 4.78 is 5.39. The van der Waals surface area contributed by atoms with Crippen LogP contribution in [0.15, 0.2) is 0 Å². The molecule has 1 rings (SSSR count). The predicted octanol–water partition coefficient (Wildman–Crippen LogP) is 2.27. The zero-order valence-electron chi connectivity index (χ0n) is 11.9. The SMILES string of the molecule is CCOCCN(C)CCC1(NC)CCCCC1. The first-order chi connectivity index (χ1) is 8.22. The lowest BCUT2D eigenvalue weighted by atomic mass is 9.79. The van der Waals surface area contributed by atoms with Crippen molar-refractivity contribution in [2.24, 2.45) is 0 Å². The average molecular weight is 242 g/mol. The van der Waals surface area contributed by atoms with Crippen LogP contribution in [0.2, 0.25) is 0 Å². The molecule has 0 atom stereocenters. The molecule has 1 aliphatic carbocycles. The second-order valence-electron chi connectivity index (χ2n) is 5.34. The summed E-state index contributed by atoms with van der Waals surface area (Å²) in [5.41, 5.74) is 0.415. The zero-order valence-corrected chi connectivity index (χ0v) is 11.9. The summed E-state index contributed by atoms with van der Waals surface area (Å²) in [4.78, 5) is 2.39. The Bertz CT molecular complexity index is 191. The van der Waals surface area contributed by atoms with Gasteiger partial charge < -0.3 is 15.0 Å². The maximum absolute atomic E-state index is 5.39. The van der Waals surface area contributed by atoms with Crippen LogP contribution in [-0.2, 0) is 4.74 Å². The van der Waals surface area contributed by atoms with Gasteiger partial charge in [0.2, 0.25) is 0 Å². The highest BCUT2D eigenvalue weighted by Gasteiger charge is 2.29. The number of hydrogen-bond donors (Lipinski definition) is 1. The van der Waals surface area contributed by atoms with E-state index in [4.69, 9.17) is 4.74 Å². The summed E-state index contributed by atoms with van der Waals surface area (Å²) in [6.45, 7) is 5.97. The third-order valence-electron chi connectivity index (χ3n) is 4.13. The third kappa shape index (κ3) is 5.36. The summed E-state index contributed by atoms with van der Waals surface area (Å²) in [5, 5.41) is 3.58. The molecule has 0 unspecified atom stereocenters. The van der Waals surface area contributed by atoms with E-state index in [0.717, 1.165) is 19.8 Å². The van der Waals surface area contributed by atoms with Gasteiger partial charge in [0.25, 0.3) is 0 Å². The number of hydrogen-bond acceptors (Lipinski definition) is 3. The van der Waals surface area contributed by atoms with E-state index >= 15 is 0 Å². The van der Waals surface area contributed by atoms with Gasteiger partial charge in [-0.15, -0.1) is 0 Å². The minimum atomic E-state index is 0.415. The molecule has 102 valence electrons. The van der Waals surface area contributed by atoms with Crippen LogP contribution >= 0.6 is 0 Å². The molecule has 0 bridgehead atoms. The second-order valence-corrected chi connectivity index (χ2v) is 5.34. The lowest BCUT2D eigenvalue weighted by Gasteiger charge is -2.38. The molecule has 0 spiro atoms. The number of likely N-dealkylation sites (N-methyl/N-ethyl adjacent to an activating group) is 1. The minimum absolute atomic E-state index is 0.415.